The van der Waals surface area contributed by atoms with Crippen LogP contribution in [0.5, 0.6) is 0 Å². The molecule has 0 radical (unpaired) electrons. The summed E-state index contributed by atoms with van der Waals surface area (Å²) >= 11 is 0. The molecule has 1 aliphatic heterocycles. The van der Waals surface area contributed by atoms with Gasteiger partial charge < -0.3 is 5.32 Å². The number of fused-ring (bicyclic) bond motifs is 1. The summed E-state index contributed by atoms with van der Waals surface area (Å²) in [7, 11) is 0. The van der Waals surface area contributed by atoms with Crippen LogP contribution in [0, 0.1) is 27.7 Å². The number of amides is 1. The lowest BCUT2D eigenvalue weighted by Gasteiger charge is -2.26. The van der Waals surface area contributed by atoms with Gasteiger partial charge in [-0.25, -0.2) is 0 Å². The van der Waals surface area contributed by atoms with Gasteiger partial charge in [0.25, 0.3) is 5.91 Å². The summed E-state index contributed by atoms with van der Waals surface area (Å²) in [6, 6.07) is 0. The molecule has 1 amide bonds. The quantitative estimate of drug-likeness (QED) is 0.681. The minimum absolute atomic E-state index is 0.0470. The molecule has 1 aromatic rings. The Kier molecular flexibility index (Phi) is 2.82. The van der Waals surface area contributed by atoms with E-state index in [4.69, 9.17) is 0 Å². The topological polar surface area (TPSA) is 29.1 Å². The van der Waals surface area contributed by atoms with Crippen LogP contribution in [0.3, 0.4) is 0 Å². The van der Waals surface area contributed by atoms with Crippen molar-refractivity contribution in [1.29, 1.82) is 0 Å². The number of allylic oxidation sites excluding steroid dienone is 1. The van der Waals surface area contributed by atoms with Crippen molar-refractivity contribution in [3.05, 3.63) is 39.5 Å². The van der Waals surface area contributed by atoms with E-state index in [9.17, 15) is 4.79 Å². The zero-order valence-electron chi connectivity index (χ0n) is 11.2. The number of carbonyl (C=O) groups is 1. The van der Waals surface area contributed by atoms with Gasteiger partial charge in [0.2, 0.25) is 0 Å². The Morgan fingerprint density at radius 1 is 1.00 bits per heavy atom. The highest BCUT2D eigenvalue weighted by Gasteiger charge is 2.25. The summed E-state index contributed by atoms with van der Waals surface area (Å²) in [4.78, 5) is 11.9. The zero-order chi connectivity index (χ0) is 12.7. The van der Waals surface area contributed by atoms with Gasteiger partial charge in [0.1, 0.15) is 0 Å². The predicted octanol–water partition coefficient (Wildman–Crippen LogP) is 2.95. The van der Waals surface area contributed by atoms with E-state index >= 15 is 0 Å². The van der Waals surface area contributed by atoms with E-state index in [1.54, 1.807) is 0 Å². The van der Waals surface area contributed by atoms with Crippen LogP contribution in [-0.2, 0) is 11.3 Å². The first-order valence-electron chi connectivity index (χ1n) is 6.03. The van der Waals surface area contributed by atoms with Gasteiger partial charge >= 0.3 is 0 Å². The number of hydrogen-bond donors (Lipinski definition) is 1. The van der Waals surface area contributed by atoms with Gasteiger partial charge in [0, 0.05) is 12.1 Å². The molecule has 0 bridgehead atoms. The largest absolute Gasteiger partial charge is 0.348 e. The third-order valence-electron chi connectivity index (χ3n) is 4.05. The Morgan fingerprint density at radius 3 is 2.18 bits per heavy atom. The molecule has 0 saturated carbocycles. The number of benzene rings is 1. The highest BCUT2D eigenvalue weighted by Crippen LogP contribution is 2.33. The maximum absolute atomic E-state index is 11.9. The van der Waals surface area contributed by atoms with Gasteiger partial charge in [-0.05, 0) is 68.0 Å². The monoisotopic (exact) mass is 229 g/mol. The molecule has 0 unspecified atom stereocenters. The molecule has 2 nitrogen and oxygen atoms in total. The molecule has 1 aliphatic rings. The average molecular weight is 229 g/mol. The fourth-order valence-corrected chi connectivity index (χ4v) is 2.63. The fraction of sp³-hybridized carbons (Fsp3) is 0.400. The second kappa shape index (κ2) is 4.02. The zero-order valence-corrected chi connectivity index (χ0v) is 11.2. The summed E-state index contributed by atoms with van der Waals surface area (Å²) in [6.45, 7) is 11.1. The third-order valence-corrected chi connectivity index (χ3v) is 4.05. The molecule has 0 aliphatic carbocycles. The van der Waals surface area contributed by atoms with Gasteiger partial charge in [0.15, 0.2) is 0 Å². The van der Waals surface area contributed by atoms with Crippen molar-refractivity contribution in [2.24, 2.45) is 0 Å². The minimum atomic E-state index is 0.0470. The normalized spacial score (nSPS) is 17.0. The Bertz CT molecular complexity index is 539. The minimum Gasteiger partial charge on any atom is -0.348 e. The first-order valence-corrected chi connectivity index (χ1v) is 6.03. The van der Waals surface area contributed by atoms with Crippen molar-refractivity contribution in [3.8, 4) is 0 Å². The highest BCUT2D eigenvalue weighted by molar-refractivity contribution is 6.21. The summed E-state index contributed by atoms with van der Waals surface area (Å²) in [5.74, 6) is 0.0470. The van der Waals surface area contributed by atoms with Crippen molar-refractivity contribution in [2.45, 2.75) is 41.2 Å². The first-order chi connectivity index (χ1) is 7.99. The van der Waals surface area contributed by atoms with Crippen LogP contribution in [0.4, 0.5) is 0 Å². The molecule has 1 N–H and O–H groups in total. The lowest BCUT2D eigenvalue weighted by molar-refractivity contribution is -0.116. The maximum atomic E-state index is 11.9. The van der Waals surface area contributed by atoms with Crippen LogP contribution in [0.15, 0.2) is 6.08 Å². The van der Waals surface area contributed by atoms with Crippen molar-refractivity contribution >= 4 is 11.5 Å². The molecule has 0 spiro atoms. The van der Waals surface area contributed by atoms with Gasteiger partial charge in [-0.2, -0.15) is 0 Å². The molecule has 1 aromatic carbocycles. The van der Waals surface area contributed by atoms with Gasteiger partial charge in [-0.15, -0.1) is 0 Å². The Hall–Kier alpha value is -1.57. The standard InChI is InChI=1S/C15H19NO/c1-6-12-14-11(5)9(3)8(2)10(4)13(14)7-16-15(12)17/h6H,7H2,1-5H3,(H,16,17)/b12-6+. The summed E-state index contributed by atoms with van der Waals surface area (Å²) < 4.78 is 0. The van der Waals surface area contributed by atoms with Crippen LogP contribution in [0.2, 0.25) is 0 Å². The molecule has 0 fully saturated rings. The number of nitrogens with one attached hydrogen (secondary N) is 1. The SMILES string of the molecule is C/C=C1/C(=O)NCc2c(C)c(C)c(C)c(C)c21. The molecular weight excluding hydrogens is 210 g/mol. The molecular formula is C15H19NO. The van der Waals surface area contributed by atoms with E-state index < -0.39 is 0 Å². The molecule has 17 heavy (non-hydrogen) atoms. The molecule has 0 aromatic heterocycles. The first kappa shape index (κ1) is 11.9. The molecule has 0 atom stereocenters. The molecule has 1 heterocycles. The molecule has 2 heteroatoms. The Morgan fingerprint density at radius 2 is 1.59 bits per heavy atom. The van der Waals surface area contributed by atoms with Crippen LogP contribution in [0.25, 0.3) is 5.57 Å². The third kappa shape index (κ3) is 1.59. The van der Waals surface area contributed by atoms with Gasteiger partial charge in [-0.1, -0.05) is 6.08 Å². The Balaban J connectivity index is 2.85. The Labute approximate surface area is 103 Å². The van der Waals surface area contributed by atoms with Crippen LogP contribution in [0.1, 0.15) is 40.3 Å². The van der Waals surface area contributed by atoms with Crippen molar-refractivity contribution in [3.63, 3.8) is 0 Å². The predicted molar refractivity (Wildman–Crippen MR) is 70.9 cm³/mol. The lowest BCUT2D eigenvalue weighted by Crippen LogP contribution is -2.31. The van der Waals surface area contributed by atoms with Crippen molar-refractivity contribution in [2.75, 3.05) is 0 Å². The van der Waals surface area contributed by atoms with E-state index in [0.29, 0.717) is 6.54 Å². The molecule has 0 saturated heterocycles. The van der Waals surface area contributed by atoms with E-state index in [-0.39, 0.29) is 5.91 Å². The number of rotatable bonds is 0. The fourth-order valence-electron chi connectivity index (χ4n) is 2.63. The number of carbonyl (C=O) groups excluding carboxylic acids is 1. The molecule has 2 rings (SSSR count). The summed E-state index contributed by atoms with van der Waals surface area (Å²) in [6.07, 6.45) is 1.91. The van der Waals surface area contributed by atoms with Gasteiger partial charge in [-0.3, -0.25) is 4.79 Å². The van der Waals surface area contributed by atoms with E-state index in [1.165, 1.54) is 27.8 Å². The maximum Gasteiger partial charge on any atom is 0.251 e. The molecule has 90 valence electrons. The van der Waals surface area contributed by atoms with E-state index in [1.807, 2.05) is 13.0 Å². The van der Waals surface area contributed by atoms with E-state index in [2.05, 4.69) is 33.0 Å². The smallest absolute Gasteiger partial charge is 0.251 e. The van der Waals surface area contributed by atoms with Crippen LogP contribution < -0.4 is 5.32 Å². The van der Waals surface area contributed by atoms with Crippen molar-refractivity contribution < 1.29 is 4.79 Å². The van der Waals surface area contributed by atoms with Gasteiger partial charge in [0.05, 0.1) is 0 Å². The second-order valence-corrected chi connectivity index (χ2v) is 4.74. The lowest BCUT2D eigenvalue weighted by atomic mass is 9.83. The van der Waals surface area contributed by atoms with Crippen molar-refractivity contribution in [1.82, 2.24) is 5.32 Å². The van der Waals surface area contributed by atoms with E-state index in [0.717, 1.165) is 11.1 Å². The number of hydrogen-bond acceptors (Lipinski definition) is 1. The second-order valence-electron chi connectivity index (χ2n) is 4.74. The van der Waals surface area contributed by atoms with Crippen LogP contribution in [-0.4, -0.2) is 5.91 Å². The summed E-state index contributed by atoms with van der Waals surface area (Å²) in [5, 5.41) is 2.95. The van der Waals surface area contributed by atoms with Crippen LogP contribution >= 0.6 is 0 Å². The summed E-state index contributed by atoms with van der Waals surface area (Å²) in [5.41, 5.74) is 8.43. The average Bonchev–Trinajstić information content (AvgIpc) is 2.33. The highest BCUT2D eigenvalue weighted by atomic mass is 16.1.